The van der Waals surface area contributed by atoms with Gasteiger partial charge < -0.3 is 4.42 Å². The first kappa shape index (κ1) is 22.9. The third-order valence-electron chi connectivity index (χ3n) is 7.92. The number of aryl methyl sites for hydroxylation is 3. The molecule has 5 aromatic rings. The summed E-state index contributed by atoms with van der Waals surface area (Å²) in [4.78, 5) is 0. The van der Waals surface area contributed by atoms with Gasteiger partial charge in [0.1, 0.15) is 24.0 Å². The molecule has 2 aromatic heterocycles. The minimum Gasteiger partial charge on any atom is -0.454 e. The lowest BCUT2D eigenvalue weighted by molar-refractivity contribution is -0.662. The molecule has 0 amide bonds. The van der Waals surface area contributed by atoms with Crippen molar-refractivity contribution in [3.05, 3.63) is 89.1 Å². The van der Waals surface area contributed by atoms with E-state index in [9.17, 15) is 4.39 Å². The largest absolute Gasteiger partial charge is 0.454 e. The second-order valence-corrected chi connectivity index (χ2v) is 10.3. The van der Waals surface area contributed by atoms with Gasteiger partial charge in [0.05, 0.1) is 11.1 Å². The van der Waals surface area contributed by atoms with Crippen LogP contribution in [0.1, 0.15) is 54.7 Å². The van der Waals surface area contributed by atoms with E-state index in [4.69, 9.17) is 4.42 Å². The molecule has 0 bridgehead atoms. The van der Waals surface area contributed by atoms with Crippen molar-refractivity contribution in [3.63, 3.8) is 0 Å². The second-order valence-electron chi connectivity index (χ2n) is 10.3. The van der Waals surface area contributed by atoms with Crippen LogP contribution < -0.4 is 4.57 Å². The molecule has 2 heterocycles. The van der Waals surface area contributed by atoms with Gasteiger partial charge in [-0.2, -0.15) is 4.57 Å². The van der Waals surface area contributed by atoms with Crippen molar-refractivity contribution >= 4 is 21.9 Å². The quantitative estimate of drug-likeness (QED) is 0.235. The Hall–Kier alpha value is -3.53. The normalized spacial score (nSPS) is 14.7. The molecule has 2 nitrogen and oxygen atoms in total. The SMILES string of the molecule is Cc1cc(-c2c(C)ccc3c2oc2c(-c4ccc(C5CCCCC5)cc4)c(F)ccc23)[n+](C)cc1F. The summed E-state index contributed by atoms with van der Waals surface area (Å²) in [5.74, 6) is 0.0511. The Morgan fingerprint density at radius 1 is 0.750 bits per heavy atom. The lowest BCUT2D eigenvalue weighted by atomic mass is 9.83. The van der Waals surface area contributed by atoms with Crippen molar-refractivity contribution in [1.82, 2.24) is 0 Å². The van der Waals surface area contributed by atoms with Crippen molar-refractivity contribution in [3.8, 4) is 22.4 Å². The number of fused-ring (bicyclic) bond motifs is 3. The average Bonchev–Trinajstić information content (AvgIpc) is 3.25. The second kappa shape index (κ2) is 8.85. The van der Waals surface area contributed by atoms with Crippen LogP contribution >= 0.6 is 0 Å². The van der Waals surface area contributed by atoms with E-state index in [-0.39, 0.29) is 11.6 Å². The highest BCUT2D eigenvalue weighted by Crippen LogP contribution is 2.42. The molecule has 0 saturated heterocycles. The van der Waals surface area contributed by atoms with E-state index in [1.54, 1.807) is 17.6 Å². The summed E-state index contributed by atoms with van der Waals surface area (Å²) in [5.41, 5.74) is 7.22. The van der Waals surface area contributed by atoms with Gasteiger partial charge in [0, 0.05) is 16.8 Å². The number of hydrogen-bond acceptors (Lipinski definition) is 1. The van der Waals surface area contributed by atoms with Gasteiger partial charge in [-0.05, 0) is 67.0 Å². The standard InChI is InChI=1S/C32H30F2NO/c1-19-9-14-24-25-15-16-26(33)30(23-12-10-22(11-13-23)21-7-5-4-6-8-21)32(25)36-31(24)29(19)28-17-20(2)27(34)18-35(28)3/h9-18,21H,4-8H2,1-3H3/q+1. The Kier molecular flexibility index (Phi) is 5.63. The number of halogens is 2. The molecule has 0 unspecified atom stereocenters. The van der Waals surface area contributed by atoms with E-state index in [0.29, 0.717) is 28.2 Å². The van der Waals surface area contributed by atoms with Crippen molar-refractivity contribution in [2.45, 2.75) is 51.9 Å². The van der Waals surface area contributed by atoms with Crippen LogP contribution in [0.2, 0.25) is 0 Å². The van der Waals surface area contributed by atoms with Crippen molar-refractivity contribution in [1.29, 1.82) is 0 Å². The average molecular weight is 483 g/mol. The monoisotopic (exact) mass is 482 g/mol. The third kappa shape index (κ3) is 3.71. The van der Waals surface area contributed by atoms with Crippen molar-refractivity contribution < 1.29 is 17.8 Å². The predicted molar refractivity (Wildman–Crippen MR) is 141 cm³/mol. The minimum atomic E-state index is -0.298. The fraction of sp³-hybridized carbons (Fsp3) is 0.281. The Morgan fingerprint density at radius 3 is 2.14 bits per heavy atom. The van der Waals surface area contributed by atoms with E-state index >= 15 is 4.39 Å². The van der Waals surface area contributed by atoms with Crippen LogP contribution in [-0.4, -0.2) is 0 Å². The van der Waals surface area contributed by atoms with Crippen molar-refractivity contribution in [2.24, 2.45) is 7.05 Å². The van der Waals surface area contributed by atoms with E-state index in [2.05, 4.69) is 12.1 Å². The van der Waals surface area contributed by atoms with E-state index in [0.717, 1.165) is 33.2 Å². The molecule has 1 fully saturated rings. The van der Waals surface area contributed by atoms with Crippen LogP contribution in [0.5, 0.6) is 0 Å². The van der Waals surface area contributed by atoms with Crippen LogP contribution in [-0.2, 0) is 7.05 Å². The molecule has 0 atom stereocenters. The molecular formula is C32H30F2NO+. The smallest absolute Gasteiger partial charge is 0.216 e. The zero-order valence-corrected chi connectivity index (χ0v) is 21.0. The molecule has 1 saturated carbocycles. The maximum Gasteiger partial charge on any atom is 0.216 e. The van der Waals surface area contributed by atoms with Gasteiger partial charge in [-0.15, -0.1) is 0 Å². The molecule has 0 radical (unpaired) electrons. The summed E-state index contributed by atoms with van der Waals surface area (Å²) >= 11 is 0. The number of benzene rings is 3. The van der Waals surface area contributed by atoms with Gasteiger partial charge in [0.2, 0.25) is 11.9 Å². The van der Waals surface area contributed by atoms with Gasteiger partial charge in [-0.3, -0.25) is 0 Å². The number of aromatic nitrogens is 1. The zero-order valence-electron chi connectivity index (χ0n) is 21.0. The van der Waals surface area contributed by atoms with Crippen molar-refractivity contribution in [2.75, 3.05) is 0 Å². The Labute approximate surface area is 210 Å². The summed E-state index contributed by atoms with van der Waals surface area (Å²) in [5, 5.41) is 1.80. The van der Waals surface area contributed by atoms with Crippen LogP contribution in [0.4, 0.5) is 8.78 Å². The molecule has 4 heteroatoms. The van der Waals surface area contributed by atoms with Gasteiger partial charge in [-0.25, -0.2) is 8.78 Å². The minimum absolute atomic E-state index is 0.253. The molecule has 3 aromatic carbocycles. The van der Waals surface area contributed by atoms with Gasteiger partial charge in [-0.1, -0.05) is 55.7 Å². The Balaban J connectivity index is 1.55. The fourth-order valence-electron chi connectivity index (χ4n) is 5.89. The topological polar surface area (TPSA) is 17.0 Å². The lowest BCUT2D eigenvalue weighted by Crippen LogP contribution is -2.31. The first-order valence-corrected chi connectivity index (χ1v) is 12.8. The van der Waals surface area contributed by atoms with Crippen LogP contribution in [0.15, 0.2) is 65.2 Å². The molecule has 6 rings (SSSR count). The molecule has 36 heavy (non-hydrogen) atoms. The fourth-order valence-corrected chi connectivity index (χ4v) is 5.89. The molecule has 0 aliphatic heterocycles. The van der Waals surface area contributed by atoms with Crippen LogP contribution in [0.25, 0.3) is 44.3 Å². The Morgan fingerprint density at radius 2 is 1.42 bits per heavy atom. The maximum atomic E-state index is 15.3. The first-order valence-electron chi connectivity index (χ1n) is 12.8. The summed E-state index contributed by atoms with van der Waals surface area (Å²) < 4.78 is 37.8. The van der Waals surface area contributed by atoms with E-state index in [1.807, 2.05) is 44.3 Å². The molecule has 0 spiro atoms. The first-order chi connectivity index (χ1) is 17.4. The molecular weight excluding hydrogens is 452 g/mol. The van der Waals surface area contributed by atoms with E-state index < -0.39 is 0 Å². The summed E-state index contributed by atoms with van der Waals surface area (Å²) in [6.45, 7) is 3.78. The summed E-state index contributed by atoms with van der Waals surface area (Å²) in [6, 6.07) is 17.6. The number of rotatable bonds is 3. The van der Waals surface area contributed by atoms with Crippen LogP contribution in [0.3, 0.4) is 0 Å². The van der Waals surface area contributed by atoms with Gasteiger partial charge in [0.25, 0.3) is 0 Å². The summed E-state index contributed by atoms with van der Waals surface area (Å²) in [7, 11) is 1.83. The molecule has 0 N–H and O–H groups in total. The Bertz CT molecular complexity index is 1610. The van der Waals surface area contributed by atoms with Gasteiger partial charge in [0.15, 0.2) is 5.82 Å². The van der Waals surface area contributed by atoms with Gasteiger partial charge >= 0.3 is 0 Å². The molecule has 182 valence electrons. The predicted octanol–water partition coefficient (Wildman–Crippen LogP) is 8.69. The highest BCUT2D eigenvalue weighted by atomic mass is 19.1. The lowest BCUT2D eigenvalue weighted by Gasteiger charge is -2.22. The highest BCUT2D eigenvalue weighted by Gasteiger charge is 2.24. The number of furan rings is 1. The third-order valence-corrected chi connectivity index (χ3v) is 7.92. The van der Waals surface area contributed by atoms with E-state index in [1.165, 1.54) is 49.9 Å². The van der Waals surface area contributed by atoms with Crippen LogP contribution in [0, 0.1) is 25.5 Å². The maximum absolute atomic E-state index is 15.3. The number of pyridine rings is 1. The molecule has 1 aliphatic carbocycles. The molecule has 1 aliphatic rings. The highest BCUT2D eigenvalue weighted by molar-refractivity contribution is 6.13. The number of nitrogens with zero attached hydrogens (tertiary/aromatic N) is 1. The number of hydrogen-bond donors (Lipinski definition) is 0. The zero-order chi connectivity index (χ0) is 25.0. The summed E-state index contributed by atoms with van der Waals surface area (Å²) in [6.07, 6.45) is 7.85.